The molecule has 0 aliphatic rings. The van der Waals surface area contributed by atoms with Crippen molar-refractivity contribution in [3.8, 4) is 0 Å². The molecule has 0 spiro atoms. The smallest absolute Gasteiger partial charge is 0.337 e. The molecular formula is C14H21NO3. The van der Waals surface area contributed by atoms with Crippen molar-refractivity contribution in [1.29, 1.82) is 0 Å². The van der Waals surface area contributed by atoms with Crippen LogP contribution in [0.2, 0.25) is 0 Å². The van der Waals surface area contributed by atoms with Crippen LogP contribution in [0, 0.1) is 6.92 Å². The zero-order valence-corrected chi connectivity index (χ0v) is 11.4. The fraction of sp³-hybridized carbons (Fsp3) is 0.500. The summed E-state index contributed by atoms with van der Waals surface area (Å²) < 4.78 is 5.10. The molecule has 0 bridgehead atoms. The van der Waals surface area contributed by atoms with Crippen LogP contribution < -0.4 is 4.90 Å². The molecule has 0 radical (unpaired) electrons. The van der Waals surface area contributed by atoms with Crippen molar-refractivity contribution in [3.63, 3.8) is 0 Å². The van der Waals surface area contributed by atoms with Gasteiger partial charge in [0, 0.05) is 19.7 Å². The van der Waals surface area contributed by atoms with Crippen LogP contribution in [0.25, 0.3) is 0 Å². The zero-order chi connectivity index (χ0) is 13.7. The summed E-state index contributed by atoms with van der Waals surface area (Å²) in [4.78, 5) is 13.4. The van der Waals surface area contributed by atoms with E-state index in [2.05, 4.69) is 4.90 Å². The van der Waals surface area contributed by atoms with E-state index in [1.165, 1.54) is 0 Å². The number of para-hydroxylation sites is 1. The van der Waals surface area contributed by atoms with E-state index in [0.29, 0.717) is 18.7 Å². The first kappa shape index (κ1) is 14.5. The highest BCUT2D eigenvalue weighted by Crippen LogP contribution is 2.26. The van der Waals surface area contributed by atoms with E-state index in [1.807, 2.05) is 26.8 Å². The first-order chi connectivity index (χ1) is 8.49. The molecule has 18 heavy (non-hydrogen) atoms. The SMILES string of the molecule is COCCN(c1c(C)cccc1C(=O)O)C(C)C. The molecule has 0 aliphatic carbocycles. The predicted molar refractivity (Wildman–Crippen MR) is 72.5 cm³/mol. The molecule has 0 unspecified atom stereocenters. The first-order valence-electron chi connectivity index (χ1n) is 6.07. The number of aryl methyl sites for hydroxylation is 1. The van der Waals surface area contributed by atoms with Gasteiger partial charge in [-0.15, -0.1) is 0 Å². The van der Waals surface area contributed by atoms with Crippen LogP contribution in [-0.2, 0) is 4.74 Å². The van der Waals surface area contributed by atoms with Gasteiger partial charge in [0.25, 0.3) is 0 Å². The summed E-state index contributed by atoms with van der Waals surface area (Å²) in [6, 6.07) is 5.58. The van der Waals surface area contributed by atoms with Crippen LogP contribution in [0.15, 0.2) is 18.2 Å². The van der Waals surface area contributed by atoms with Gasteiger partial charge in [-0.05, 0) is 32.4 Å². The number of methoxy groups -OCH3 is 1. The van der Waals surface area contributed by atoms with Gasteiger partial charge in [0.2, 0.25) is 0 Å². The lowest BCUT2D eigenvalue weighted by molar-refractivity contribution is 0.0697. The molecule has 0 fully saturated rings. The molecule has 4 heteroatoms. The predicted octanol–water partition coefficient (Wildman–Crippen LogP) is 2.55. The summed E-state index contributed by atoms with van der Waals surface area (Å²) >= 11 is 0. The number of rotatable bonds is 6. The van der Waals surface area contributed by atoms with Gasteiger partial charge in [0.05, 0.1) is 17.9 Å². The molecule has 1 rings (SSSR count). The number of nitrogens with zero attached hydrogens (tertiary/aromatic N) is 1. The molecule has 0 saturated carbocycles. The van der Waals surface area contributed by atoms with Gasteiger partial charge in [0.15, 0.2) is 0 Å². The molecule has 1 N–H and O–H groups in total. The molecular weight excluding hydrogens is 230 g/mol. The van der Waals surface area contributed by atoms with E-state index in [9.17, 15) is 9.90 Å². The van der Waals surface area contributed by atoms with E-state index in [-0.39, 0.29) is 6.04 Å². The highest BCUT2D eigenvalue weighted by Gasteiger charge is 2.19. The van der Waals surface area contributed by atoms with E-state index >= 15 is 0 Å². The molecule has 0 saturated heterocycles. The monoisotopic (exact) mass is 251 g/mol. The van der Waals surface area contributed by atoms with Crippen LogP contribution in [0.3, 0.4) is 0 Å². The Kier molecular flexibility index (Phi) is 5.16. The molecule has 100 valence electrons. The molecule has 0 aromatic heterocycles. The average Bonchev–Trinajstić information content (AvgIpc) is 2.30. The average molecular weight is 251 g/mol. The first-order valence-corrected chi connectivity index (χ1v) is 6.07. The Morgan fingerprint density at radius 1 is 1.44 bits per heavy atom. The number of hydrogen-bond donors (Lipinski definition) is 1. The third-order valence-electron chi connectivity index (χ3n) is 2.92. The Balaban J connectivity index is 3.21. The number of benzene rings is 1. The highest BCUT2D eigenvalue weighted by molar-refractivity contribution is 5.95. The molecule has 1 aromatic rings. The second-order valence-corrected chi connectivity index (χ2v) is 4.56. The Labute approximate surface area is 108 Å². The lowest BCUT2D eigenvalue weighted by atomic mass is 10.1. The van der Waals surface area contributed by atoms with Crippen molar-refractivity contribution < 1.29 is 14.6 Å². The second kappa shape index (κ2) is 6.40. The van der Waals surface area contributed by atoms with Crippen LogP contribution in [0.5, 0.6) is 0 Å². The van der Waals surface area contributed by atoms with Crippen molar-refractivity contribution in [2.75, 3.05) is 25.2 Å². The van der Waals surface area contributed by atoms with Crippen molar-refractivity contribution >= 4 is 11.7 Å². The summed E-state index contributed by atoms with van der Waals surface area (Å²) in [5.74, 6) is -0.892. The fourth-order valence-electron chi connectivity index (χ4n) is 2.03. The summed E-state index contributed by atoms with van der Waals surface area (Å²) in [6.45, 7) is 7.29. The van der Waals surface area contributed by atoms with E-state index in [1.54, 1.807) is 19.2 Å². The maximum absolute atomic E-state index is 11.3. The molecule has 0 atom stereocenters. The molecule has 0 heterocycles. The Bertz CT molecular complexity index is 416. The van der Waals surface area contributed by atoms with Gasteiger partial charge in [-0.2, -0.15) is 0 Å². The number of aromatic carboxylic acids is 1. The highest BCUT2D eigenvalue weighted by atomic mass is 16.5. The van der Waals surface area contributed by atoms with Gasteiger partial charge in [-0.25, -0.2) is 4.79 Å². The van der Waals surface area contributed by atoms with E-state index in [0.717, 1.165) is 11.3 Å². The van der Waals surface area contributed by atoms with Gasteiger partial charge >= 0.3 is 5.97 Å². The van der Waals surface area contributed by atoms with Gasteiger partial charge in [-0.1, -0.05) is 12.1 Å². The third-order valence-corrected chi connectivity index (χ3v) is 2.92. The number of carbonyl (C=O) groups is 1. The standard InChI is InChI=1S/C14H21NO3/c1-10(2)15(8-9-18-4)13-11(3)6-5-7-12(13)14(16)17/h5-7,10H,8-9H2,1-4H3,(H,16,17). The van der Waals surface area contributed by atoms with Crippen LogP contribution >= 0.6 is 0 Å². The van der Waals surface area contributed by atoms with Crippen LogP contribution in [0.1, 0.15) is 29.8 Å². The Hall–Kier alpha value is -1.55. The van der Waals surface area contributed by atoms with Crippen molar-refractivity contribution in [1.82, 2.24) is 0 Å². The summed E-state index contributed by atoms with van der Waals surface area (Å²) in [5, 5.41) is 9.29. The quantitative estimate of drug-likeness (QED) is 0.844. The number of carboxylic acid groups (broad SMARTS) is 1. The van der Waals surface area contributed by atoms with E-state index in [4.69, 9.17) is 4.74 Å². The van der Waals surface area contributed by atoms with Gasteiger partial charge in [0.1, 0.15) is 0 Å². The van der Waals surface area contributed by atoms with Gasteiger partial charge < -0.3 is 14.7 Å². The van der Waals surface area contributed by atoms with E-state index < -0.39 is 5.97 Å². The van der Waals surface area contributed by atoms with Crippen molar-refractivity contribution in [3.05, 3.63) is 29.3 Å². The second-order valence-electron chi connectivity index (χ2n) is 4.56. The minimum absolute atomic E-state index is 0.222. The molecule has 0 amide bonds. The van der Waals surface area contributed by atoms with Crippen LogP contribution in [0.4, 0.5) is 5.69 Å². The molecule has 4 nitrogen and oxygen atoms in total. The molecule has 0 aliphatic heterocycles. The number of anilines is 1. The normalized spacial score (nSPS) is 10.7. The third kappa shape index (κ3) is 3.23. The maximum Gasteiger partial charge on any atom is 0.337 e. The number of hydrogen-bond acceptors (Lipinski definition) is 3. The van der Waals surface area contributed by atoms with Crippen LogP contribution in [-0.4, -0.2) is 37.4 Å². The summed E-state index contributed by atoms with van der Waals surface area (Å²) in [7, 11) is 1.65. The number of carboxylic acids is 1. The zero-order valence-electron chi connectivity index (χ0n) is 11.4. The Morgan fingerprint density at radius 2 is 2.11 bits per heavy atom. The van der Waals surface area contributed by atoms with Crippen molar-refractivity contribution in [2.45, 2.75) is 26.8 Å². The number of ether oxygens (including phenoxy) is 1. The largest absolute Gasteiger partial charge is 0.478 e. The fourth-order valence-corrected chi connectivity index (χ4v) is 2.03. The van der Waals surface area contributed by atoms with Gasteiger partial charge in [-0.3, -0.25) is 0 Å². The Morgan fingerprint density at radius 3 is 2.61 bits per heavy atom. The summed E-state index contributed by atoms with van der Waals surface area (Å²) in [5.41, 5.74) is 2.11. The minimum atomic E-state index is -0.892. The lowest BCUT2D eigenvalue weighted by Crippen LogP contribution is -2.35. The minimum Gasteiger partial charge on any atom is -0.478 e. The lowest BCUT2D eigenvalue weighted by Gasteiger charge is -2.31. The van der Waals surface area contributed by atoms with Crippen molar-refractivity contribution in [2.24, 2.45) is 0 Å². The molecule has 1 aromatic carbocycles. The topological polar surface area (TPSA) is 49.8 Å². The summed E-state index contributed by atoms with van der Waals surface area (Å²) in [6.07, 6.45) is 0. The maximum atomic E-state index is 11.3.